The zero-order valence-electron chi connectivity index (χ0n) is 18.2. The molecule has 1 rings (SSSR count). The van der Waals surface area contributed by atoms with Crippen LogP contribution in [0, 0.1) is 0 Å². The molecule has 0 aromatic rings. The molecule has 1 aliphatic carbocycles. The number of primary amides is 1. The highest BCUT2D eigenvalue weighted by molar-refractivity contribution is 6.10. The average Bonchev–Trinajstić information content (AvgIpc) is 3.37. The van der Waals surface area contributed by atoms with Crippen molar-refractivity contribution >= 4 is 35.5 Å². The van der Waals surface area contributed by atoms with Crippen molar-refractivity contribution in [3.8, 4) is 0 Å². The Morgan fingerprint density at radius 3 is 2.15 bits per heavy atom. The maximum atomic E-state index is 12.1. The Hall–Kier alpha value is -3.34. The number of Topliss-reactive ketones (excluding diaryl/α,β-unsaturated/α-hetero) is 1. The monoisotopic (exact) mass is 491 g/mol. The second-order valence-corrected chi connectivity index (χ2v) is 7.25. The number of ether oxygens (including phenoxy) is 2. The molecule has 0 heterocycles. The summed E-state index contributed by atoms with van der Waals surface area (Å²) in [7, 11) is 0. The summed E-state index contributed by atoms with van der Waals surface area (Å²) in [5.41, 5.74) is 3.47. The fourth-order valence-corrected chi connectivity index (χ4v) is 2.61. The molecule has 16 nitrogen and oxygen atoms in total. The van der Waals surface area contributed by atoms with Gasteiger partial charge >= 0.3 is 12.0 Å². The first-order valence-electron chi connectivity index (χ1n) is 10.1. The Labute approximate surface area is 193 Å². The highest BCUT2D eigenvalue weighted by Crippen LogP contribution is 2.33. The second-order valence-electron chi connectivity index (χ2n) is 7.25. The summed E-state index contributed by atoms with van der Waals surface area (Å²) in [5.74, 6) is -4.00. The van der Waals surface area contributed by atoms with E-state index in [9.17, 15) is 33.9 Å². The Kier molecular flexibility index (Phi) is 11.8. The zero-order chi connectivity index (χ0) is 25.7. The van der Waals surface area contributed by atoms with E-state index in [0.717, 1.165) is 0 Å². The Morgan fingerprint density at radius 2 is 1.62 bits per heavy atom. The average molecular weight is 491 g/mol. The topological polar surface area (TPSA) is 256 Å². The van der Waals surface area contributed by atoms with Crippen LogP contribution in [0.5, 0.6) is 0 Å². The van der Waals surface area contributed by atoms with Gasteiger partial charge in [-0.2, -0.15) is 0 Å². The number of carboxylic acid groups (broad SMARTS) is 1. The lowest BCUT2D eigenvalue weighted by molar-refractivity contribution is -0.138. The predicted molar refractivity (Wildman–Crippen MR) is 110 cm³/mol. The fourth-order valence-electron chi connectivity index (χ4n) is 2.61. The summed E-state index contributed by atoms with van der Waals surface area (Å²) in [4.78, 5) is 68.7. The lowest BCUT2D eigenvalue weighted by Gasteiger charge is -2.19. The fraction of sp³-hybridized carbons (Fsp3) is 0.667. The second kappa shape index (κ2) is 14.0. The molecule has 0 aromatic heterocycles. The van der Waals surface area contributed by atoms with E-state index in [1.165, 1.54) is 0 Å². The summed E-state index contributed by atoms with van der Waals surface area (Å²) in [5, 5.41) is 36.0. The first-order chi connectivity index (χ1) is 16.0. The largest absolute Gasteiger partial charge is 0.481 e. The van der Waals surface area contributed by atoms with Gasteiger partial charge in [-0.1, -0.05) is 0 Å². The number of hydrogen-bond donors (Lipinski definition) is 8. The van der Waals surface area contributed by atoms with Crippen molar-refractivity contribution in [2.24, 2.45) is 5.73 Å². The van der Waals surface area contributed by atoms with Gasteiger partial charge in [-0.3, -0.25) is 24.0 Å². The normalized spacial score (nSPS) is 18.4. The molecular formula is C18H29N5O11. The lowest BCUT2D eigenvalue weighted by Crippen LogP contribution is -2.55. The molecule has 192 valence electrons. The highest BCUT2D eigenvalue weighted by atomic mass is 16.5. The van der Waals surface area contributed by atoms with Crippen LogP contribution in [0.25, 0.3) is 0 Å². The molecule has 16 heteroatoms. The minimum Gasteiger partial charge on any atom is -0.481 e. The third-order valence-corrected chi connectivity index (χ3v) is 4.49. The number of carbonyl (C=O) groups excluding carboxylic acids is 5. The van der Waals surface area contributed by atoms with Gasteiger partial charge in [0.15, 0.2) is 5.78 Å². The van der Waals surface area contributed by atoms with Gasteiger partial charge in [0.2, 0.25) is 17.7 Å². The summed E-state index contributed by atoms with van der Waals surface area (Å²) >= 11 is 0. The maximum Gasteiger partial charge on any atom is 0.316 e. The van der Waals surface area contributed by atoms with Crippen LogP contribution < -0.4 is 27.0 Å². The van der Waals surface area contributed by atoms with Crippen LogP contribution in [0.3, 0.4) is 0 Å². The lowest BCUT2D eigenvalue weighted by atomic mass is 10.2. The molecular weight excluding hydrogens is 462 g/mol. The van der Waals surface area contributed by atoms with Crippen molar-refractivity contribution < 1.29 is 53.6 Å². The molecule has 1 aliphatic rings. The van der Waals surface area contributed by atoms with Crippen molar-refractivity contribution in [3.63, 3.8) is 0 Å². The first-order valence-corrected chi connectivity index (χ1v) is 10.1. The SMILES string of the molecule is NC(=O)C(CO)NC(=O)COCCOCCNC(=O)C(CO)NC(=O)NC1(CC(=O)O)CC1=O. The summed E-state index contributed by atoms with van der Waals surface area (Å²) in [6.07, 6.45) is -0.720. The van der Waals surface area contributed by atoms with Crippen LogP contribution in [0.1, 0.15) is 12.8 Å². The smallest absolute Gasteiger partial charge is 0.316 e. The number of aliphatic hydroxyl groups is 2. The van der Waals surface area contributed by atoms with Crippen LogP contribution in [0.2, 0.25) is 0 Å². The summed E-state index contributed by atoms with van der Waals surface area (Å²) in [6, 6.07) is -3.53. The van der Waals surface area contributed by atoms with Crippen LogP contribution in [0.15, 0.2) is 0 Å². The molecule has 0 aliphatic heterocycles. The van der Waals surface area contributed by atoms with Crippen LogP contribution in [-0.4, -0.2) is 115 Å². The molecule has 5 amide bonds. The maximum absolute atomic E-state index is 12.1. The number of aliphatic hydroxyl groups excluding tert-OH is 2. The number of carbonyl (C=O) groups is 6. The quantitative estimate of drug-likeness (QED) is 0.0893. The van der Waals surface area contributed by atoms with Gasteiger partial charge in [0.25, 0.3) is 0 Å². The third-order valence-electron chi connectivity index (χ3n) is 4.49. The van der Waals surface area contributed by atoms with E-state index in [1.54, 1.807) is 0 Å². The van der Waals surface area contributed by atoms with Crippen LogP contribution in [-0.2, 0) is 33.4 Å². The number of nitrogens with one attached hydrogen (secondary N) is 4. The molecule has 0 spiro atoms. The summed E-state index contributed by atoms with van der Waals surface area (Å²) < 4.78 is 10.2. The van der Waals surface area contributed by atoms with Crippen molar-refractivity contribution in [1.82, 2.24) is 21.3 Å². The van der Waals surface area contributed by atoms with E-state index in [1.807, 2.05) is 0 Å². The number of hydrogen-bond acceptors (Lipinski definition) is 10. The first kappa shape index (κ1) is 28.7. The van der Waals surface area contributed by atoms with Gasteiger partial charge in [-0.15, -0.1) is 0 Å². The molecule has 3 unspecified atom stereocenters. The third kappa shape index (κ3) is 10.1. The van der Waals surface area contributed by atoms with E-state index in [-0.39, 0.29) is 32.8 Å². The van der Waals surface area contributed by atoms with E-state index in [2.05, 4.69) is 21.3 Å². The van der Waals surface area contributed by atoms with Crippen molar-refractivity contribution in [2.45, 2.75) is 30.5 Å². The molecule has 34 heavy (non-hydrogen) atoms. The predicted octanol–water partition coefficient (Wildman–Crippen LogP) is -5.06. The Balaban J connectivity index is 2.19. The van der Waals surface area contributed by atoms with Gasteiger partial charge in [0, 0.05) is 13.0 Å². The van der Waals surface area contributed by atoms with Crippen LogP contribution >= 0.6 is 0 Å². The molecule has 1 fully saturated rings. The van der Waals surface area contributed by atoms with Crippen molar-refractivity contribution in [2.75, 3.05) is 46.2 Å². The van der Waals surface area contributed by atoms with E-state index < -0.39 is 79.4 Å². The van der Waals surface area contributed by atoms with Gasteiger partial charge in [0.1, 0.15) is 24.2 Å². The number of carboxylic acids is 1. The van der Waals surface area contributed by atoms with Gasteiger partial charge in [-0.25, -0.2) is 4.79 Å². The molecule has 0 aromatic carbocycles. The molecule has 3 atom stereocenters. The Morgan fingerprint density at radius 1 is 1.00 bits per heavy atom. The van der Waals surface area contributed by atoms with E-state index in [0.29, 0.717) is 0 Å². The minimum absolute atomic E-state index is 0.0113. The van der Waals surface area contributed by atoms with E-state index >= 15 is 0 Å². The number of rotatable bonds is 17. The minimum atomic E-state index is -1.49. The van der Waals surface area contributed by atoms with Gasteiger partial charge in [0.05, 0.1) is 39.5 Å². The van der Waals surface area contributed by atoms with Gasteiger partial charge < -0.3 is 51.8 Å². The standard InChI is InChI=1S/C18H29N5O11/c19-15(30)10(7-24)21-13(27)9-34-4-3-33-2-1-20-16(31)11(8-25)22-17(32)23-18(5-12(18)26)6-14(28)29/h10-11,24-25H,1-9H2,(H2,19,30)(H,20,31)(H,21,27)(H,28,29)(H2,22,23,32). The summed E-state index contributed by atoms with van der Waals surface area (Å²) in [6.45, 7) is -1.66. The number of urea groups is 1. The van der Waals surface area contributed by atoms with E-state index in [4.69, 9.17) is 25.4 Å². The van der Waals surface area contributed by atoms with Crippen molar-refractivity contribution in [3.05, 3.63) is 0 Å². The van der Waals surface area contributed by atoms with Gasteiger partial charge in [-0.05, 0) is 0 Å². The molecule has 1 saturated carbocycles. The number of aliphatic carboxylic acids is 1. The highest BCUT2D eigenvalue weighted by Gasteiger charge is 2.56. The zero-order valence-corrected chi connectivity index (χ0v) is 18.2. The molecule has 0 saturated heterocycles. The molecule has 0 radical (unpaired) electrons. The molecule has 0 bridgehead atoms. The molecule has 9 N–H and O–H groups in total. The number of ketones is 1. The number of nitrogens with two attached hydrogens (primary N) is 1. The number of amides is 5. The van der Waals surface area contributed by atoms with Crippen LogP contribution in [0.4, 0.5) is 4.79 Å². The van der Waals surface area contributed by atoms with Crippen molar-refractivity contribution in [1.29, 1.82) is 0 Å². The Bertz CT molecular complexity index is 777.